The fourth-order valence-electron chi connectivity index (χ4n) is 1.76. The second-order valence-corrected chi connectivity index (χ2v) is 6.05. The molecule has 0 bridgehead atoms. The van der Waals surface area contributed by atoms with Crippen LogP contribution in [0.4, 0.5) is 13.2 Å². The SMILES string of the molecule is CN=C(NCCc1nc(C(F)(F)F)cs1)NCc1ccc(Cl)nc1.I. The summed E-state index contributed by atoms with van der Waals surface area (Å²) < 4.78 is 37.4. The first-order valence-electron chi connectivity index (χ1n) is 6.95. The van der Waals surface area contributed by atoms with E-state index in [1.54, 1.807) is 19.3 Å². The summed E-state index contributed by atoms with van der Waals surface area (Å²) in [6.07, 6.45) is -2.37. The molecule has 11 heteroatoms. The third kappa shape index (κ3) is 7.32. The van der Waals surface area contributed by atoms with Gasteiger partial charge in [0.1, 0.15) is 5.15 Å². The van der Waals surface area contributed by atoms with Crippen LogP contribution in [0.2, 0.25) is 5.15 Å². The van der Waals surface area contributed by atoms with Gasteiger partial charge >= 0.3 is 6.18 Å². The van der Waals surface area contributed by atoms with Crippen molar-refractivity contribution in [3.05, 3.63) is 45.1 Å². The van der Waals surface area contributed by atoms with Gasteiger partial charge in [0.25, 0.3) is 0 Å². The average molecular weight is 506 g/mol. The highest BCUT2D eigenvalue weighted by Gasteiger charge is 2.33. The standard InChI is InChI=1S/C14H15ClF3N5S.HI/c1-19-13(22-7-9-2-3-11(15)21-6-9)20-5-4-12-23-10(8-24-12)14(16,17)18;/h2-3,6,8H,4-5,7H2,1H3,(H2,19,20,22);1H. The van der Waals surface area contributed by atoms with Crippen LogP contribution in [-0.4, -0.2) is 29.5 Å². The molecule has 0 aliphatic heterocycles. The minimum atomic E-state index is -4.40. The number of halogens is 5. The van der Waals surface area contributed by atoms with E-state index in [0.29, 0.717) is 35.6 Å². The van der Waals surface area contributed by atoms with Gasteiger partial charge in [0.05, 0.1) is 5.01 Å². The largest absolute Gasteiger partial charge is 0.434 e. The number of nitrogens with one attached hydrogen (secondary N) is 2. The fraction of sp³-hybridized carbons (Fsp3) is 0.357. The number of thiazole rings is 1. The molecule has 0 spiro atoms. The summed E-state index contributed by atoms with van der Waals surface area (Å²) in [7, 11) is 1.61. The van der Waals surface area contributed by atoms with E-state index in [9.17, 15) is 13.2 Å². The maximum absolute atomic E-state index is 12.5. The Hall–Kier alpha value is -1.14. The van der Waals surface area contributed by atoms with Crippen molar-refractivity contribution in [1.82, 2.24) is 20.6 Å². The summed E-state index contributed by atoms with van der Waals surface area (Å²) in [6, 6.07) is 3.53. The molecule has 138 valence electrons. The topological polar surface area (TPSA) is 62.2 Å². The maximum Gasteiger partial charge on any atom is 0.434 e. The van der Waals surface area contributed by atoms with Crippen molar-refractivity contribution in [2.45, 2.75) is 19.1 Å². The molecule has 0 saturated carbocycles. The highest BCUT2D eigenvalue weighted by molar-refractivity contribution is 14.0. The smallest absolute Gasteiger partial charge is 0.356 e. The van der Waals surface area contributed by atoms with Crippen molar-refractivity contribution in [1.29, 1.82) is 0 Å². The van der Waals surface area contributed by atoms with Crippen LogP contribution < -0.4 is 10.6 Å². The first-order chi connectivity index (χ1) is 11.4. The van der Waals surface area contributed by atoms with Gasteiger partial charge in [0, 0.05) is 38.1 Å². The molecular weight excluding hydrogens is 490 g/mol. The third-order valence-electron chi connectivity index (χ3n) is 2.95. The Bertz CT molecular complexity index is 691. The predicted octanol–water partition coefficient (Wildman–Crippen LogP) is 3.74. The first kappa shape index (κ1) is 21.9. The second-order valence-electron chi connectivity index (χ2n) is 4.72. The molecule has 0 aromatic carbocycles. The third-order valence-corrected chi connectivity index (χ3v) is 4.08. The van der Waals surface area contributed by atoms with Crippen LogP contribution in [0.3, 0.4) is 0 Å². The quantitative estimate of drug-likeness (QED) is 0.281. The Kier molecular flexibility index (Phi) is 8.86. The minimum Gasteiger partial charge on any atom is -0.356 e. The van der Waals surface area contributed by atoms with E-state index in [4.69, 9.17) is 11.6 Å². The first-order valence-corrected chi connectivity index (χ1v) is 8.21. The zero-order valence-electron chi connectivity index (χ0n) is 13.1. The molecule has 0 aliphatic rings. The molecule has 0 atom stereocenters. The van der Waals surface area contributed by atoms with Crippen molar-refractivity contribution in [2.24, 2.45) is 4.99 Å². The number of guanidine groups is 1. The van der Waals surface area contributed by atoms with E-state index in [1.165, 1.54) is 0 Å². The van der Waals surface area contributed by atoms with Crippen LogP contribution in [0.25, 0.3) is 0 Å². The Balaban J connectivity index is 0.00000312. The van der Waals surface area contributed by atoms with E-state index in [-0.39, 0.29) is 24.0 Å². The Morgan fingerprint density at radius 3 is 2.64 bits per heavy atom. The molecule has 2 aromatic rings. The van der Waals surface area contributed by atoms with Crippen molar-refractivity contribution >= 4 is 52.9 Å². The van der Waals surface area contributed by atoms with Crippen LogP contribution in [0, 0.1) is 0 Å². The Labute approximate surface area is 169 Å². The second kappa shape index (κ2) is 10.1. The van der Waals surface area contributed by atoms with Gasteiger partial charge in [-0.25, -0.2) is 9.97 Å². The Morgan fingerprint density at radius 1 is 1.32 bits per heavy atom. The van der Waals surface area contributed by atoms with Gasteiger partial charge in [0.15, 0.2) is 11.7 Å². The highest BCUT2D eigenvalue weighted by Crippen LogP contribution is 2.29. The van der Waals surface area contributed by atoms with E-state index in [0.717, 1.165) is 22.3 Å². The number of hydrogen-bond acceptors (Lipinski definition) is 4. The van der Waals surface area contributed by atoms with Crippen molar-refractivity contribution in [2.75, 3.05) is 13.6 Å². The van der Waals surface area contributed by atoms with E-state index >= 15 is 0 Å². The number of rotatable bonds is 5. The molecule has 2 heterocycles. The fourth-order valence-corrected chi connectivity index (χ4v) is 2.68. The van der Waals surface area contributed by atoms with Crippen molar-refractivity contribution < 1.29 is 13.2 Å². The summed E-state index contributed by atoms with van der Waals surface area (Å²) in [6.45, 7) is 0.919. The molecule has 5 nitrogen and oxygen atoms in total. The number of pyridine rings is 1. The van der Waals surface area contributed by atoms with Gasteiger partial charge in [-0.1, -0.05) is 17.7 Å². The van der Waals surface area contributed by atoms with Gasteiger partial charge in [-0.15, -0.1) is 35.3 Å². The van der Waals surface area contributed by atoms with E-state index in [1.807, 2.05) is 6.07 Å². The highest BCUT2D eigenvalue weighted by atomic mass is 127. The van der Waals surface area contributed by atoms with Gasteiger partial charge in [0.2, 0.25) is 0 Å². The van der Waals surface area contributed by atoms with Crippen LogP contribution in [0.5, 0.6) is 0 Å². The molecule has 0 amide bonds. The summed E-state index contributed by atoms with van der Waals surface area (Å²) in [5.74, 6) is 0.539. The molecule has 0 fully saturated rings. The number of hydrogen-bond donors (Lipinski definition) is 2. The lowest BCUT2D eigenvalue weighted by Gasteiger charge is -2.11. The summed E-state index contributed by atoms with van der Waals surface area (Å²) in [5.41, 5.74) is 0.0809. The van der Waals surface area contributed by atoms with Crippen LogP contribution in [-0.2, 0) is 19.1 Å². The average Bonchev–Trinajstić information content (AvgIpc) is 3.01. The molecule has 25 heavy (non-hydrogen) atoms. The zero-order valence-corrected chi connectivity index (χ0v) is 17.0. The van der Waals surface area contributed by atoms with Crippen LogP contribution in [0.15, 0.2) is 28.7 Å². The summed E-state index contributed by atoms with van der Waals surface area (Å²) >= 11 is 6.71. The molecule has 2 N–H and O–H groups in total. The van der Waals surface area contributed by atoms with Crippen LogP contribution >= 0.6 is 46.9 Å². The number of aliphatic imine (C=N–C) groups is 1. The molecule has 0 unspecified atom stereocenters. The minimum absolute atomic E-state index is 0. The maximum atomic E-state index is 12.5. The monoisotopic (exact) mass is 505 g/mol. The zero-order chi connectivity index (χ0) is 17.6. The lowest BCUT2D eigenvalue weighted by Crippen LogP contribution is -2.37. The molecular formula is C14H16ClF3IN5S. The number of alkyl halides is 3. The summed E-state index contributed by atoms with van der Waals surface area (Å²) in [4.78, 5) is 11.6. The van der Waals surface area contributed by atoms with Gasteiger partial charge < -0.3 is 10.6 Å². The van der Waals surface area contributed by atoms with Crippen molar-refractivity contribution in [3.8, 4) is 0 Å². The Morgan fingerprint density at radius 2 is 2.08 bits per heavy atom. The van der Waals surface area contributed by atoms with Gasteiger partial charge in [-0.2, -0.15) is 13.2 Å². The van der Waals surface area contributed by atoms with Crippen LogP contribution in [0.1, 0.15) is 16.3 Å². The lowest BCUT2D eigenvalue weighted by molar-refractivity contribution is -0.140. The molecule has 2 aromatic heterocycles. The normalized spacial score (nSPS) is 11.8. The van der Waals surface area contributed by atoms with E-state index in [2.05, 4.69) is 25.6 Å². The molecule has 0 aliphatic carbocycles. The molecule has 0 radical (unpaired) electrons. The molecule has 0 saturated heterocycles. The predicted molar refractivity (Wildman–Crippen MR) is 104 cm³/mol. The molecule has 2 rings (SSSR count). The van der Waals surface area contributed by atoms with Crippen molar-refractivity contribution in [3.63, 3.8) is 0 Å². The van der Waals surface area contributed by atoms with Gasteiger partial charge in [-0.3, -0.25) is 4.99 Å². The van der Waals surface area contributed by atoms with E-state index < -0.39 is 11.9 Å². The number of aromatic nitrogens is 2. The summed E-state index contributed by atoms with van der Waals surface area (Å²) in [5, 5.41) is 7.97. The lowest BCUT2D eigenvalue weighted by atomic mass is 10.3. The van der Waals surface area contributed by atoms with Gasteiger partial charge in [-0.05, 0) is 11.6 Å². The number of nitrogens with zero attached hydrogens (tertiary/aromatic N) is 3.